The minimum atomic E-state index is 0.0325. The molecule has 1 N–H and O–H groups in total. The zero-order chi connectivity index (χ0) is 14.8. The number of carbonyl (C=O) groups is 1. The molecule has 1 aromatic carbocycles. The van der Waals surface area contributed by atoms with Gasteiger partial charge in [0.15, 0.2) is 0 Å². The van der Waals surface area contributed by atoms with Crippen molar-refractivity contribution in [3.63, 3.8) is 0 Å². The van der Waals surface area contributed by atoms with Crippen molar-refractivity contribution in [2.75, 3.05) is 0 Å². The van der Waals surface area contributed by atoms with Gasteiger partial charge in [0.25, 0.3) is 0 Å². The molecule has 2 aromatic rings. The highest BCUT2D eigenvalue weighted by Gasteiger charge is 2.33. The number of aryl methyl sites for hydroxylation is 2. The SMILES string of the molecule is Cc1noc(C)c1CC(=O)N[C@H](c1ccccc1)C1CC1. The molecule has 1 amide bonds. The van der Waals surface area contributed by atoms with Crippen molar-refractivity contribution >= 4 is 5.91 Å². The van der Waals surface area contributed by atoms with E-state index in [1.54, 1.807) is 0 Å². The Hall–Kier alpha value is -2.10. The molecule has 0 spiro atoms. The van der Waals surface area contributed by atoms with Crippen molar-refractivity contribution in [1.29, 1.82) is 0 Å². The largest absolute Gasteiger partial charge is 0.361 e. The molecule has 1 aliphatic carbocycles. The highest BCUT2D eigenvalue weighted by Crippen LogP contribution is 2.40. The summed E-state index contributed by atoms with van der Waals surface area (Å²) in [6.07, 6.45) is 2.70. The van der Waals surface area contributed by atoms with E-state index in [1.165, 1.54) is 18.4 Å². The Bertz CT molecular complexity index is 610. The minimum Gasteiger partial charge on any atom is -0.361 e. The van der Waals surface area contributed by atoms with Crippen LogP contribution in [0.1, 0.15) is 41.5 Å². The van der Waals surface area contributed by atoms with Crippen molar-refractivity contribution < 1.29 is 9.32 Å². The number of amides is 1. The third-order valence-corrected chi connectivity index (χ3v) is 4.09. The normalized spacial score (nSPS) is 15.7. The Balaban J connectivity index is 1.70. The molecule has 0 radical (unpaired) electrons. The van der Waals surface area contributed by atoms with Crippen molar-refractivity contribution in [2.24, 2.45) is 5.92 Å². The standard InChI is InChI=1S/C17H20N2O2/c1-11-15(12(2)21-19-11)10-16(20)18-17(14-8-9-14)13-6-4-3-5-7-13/h3-7,14,17H,8-10H2,1-2H3,(H,18,20)/t17-/m1/s1. The van der Waals surface area contributed by atoms with Crippen molar-refractivity contribution in [1.82, 2.24) is 10.5 Å². The summed E-state index contributed by atoms with van der Waals surface area (Å²) in [5.41, 5.74) is 2.88. The Morgan fingerprint density at radius 2 is 2.05 bits per heavy atom. The van der Waals surface area contributed by atoms with E-state index in [0.717, 1.165) is 17.0 Å². The van der Waals surface area contributed by atoms with Crippen LogP contribution in [0.2, 0.25) is 0 Å². The molecule has 0 bridgehead atoms. The van der Waals surface area contributed by atoms with Crippen molar-refractivity contribution in [3.8, 4) is 0 Å². The molecule has 1 aromatic heterocycles. The molecule has 1 atom stereocenters. The molecule has 4 nitrogen and oxygen atoms in total. The van der Waals surface area contributed by atoms with E-state index in [1.807, 2.05) is 32.0 Å². The lowest BCUT2D eigenvalue weighted by Crippen LogP contribution is -2.31. The number of hydrogen-bond acceptors (Lipinski definition) is 3. The van der Waals surface area contributed by atoms with Gasteiger partial charge in [0.2, 0.25) is 5.91 Å². The third kappa shape index (κ3) is 3.15. The molecule has 1 aliphatic rings. The molecule has 0 unspecified atom stereocenters. The number of rotatable bonds is 5. The van der Waals surface area contributed by atoms with Crippen LogP contribution in [0, 0.1) is 19.8 Å². The second-order valence-electron chi connectivity index (χ2n) is 5.77. The number of benzene rings is 1. The van der Waals surface area contributed by atoms with Gasteiger partial charge in [-0.2, -0.15) is 0 Å². The monoisotopic (exact) mass is 284 g/mol. The average molecular weight is 284 g/mol. The highest BCUT2D eigenvalue weighted by atomic mass is 16.5. The van der Waals surface area contributed by atoms with E-state index < -0.39 is 0 Å². The van der Waals surface area contributed by atoms with Gasteiger partial charge in [0, 0.05) is 5.56 Å². The second-order valence-corrected chi connectivity index (χ2v) is 5.77. The Kier molecular flexibility index (Phi) is 3.78. The summed E-state index contributed by atoms with van der Waals surface area (Å²) >= 11 is 0. The number of hydrogen-bond donors (Lipinski definition) is 1. The lowest BCUT2D eigenvalue weighted by atomic mass is 10.0. The first kappa shape index (κ1) is 13.9. The molecular formula is C17H20N2O2. The lowest BCUT2D eigenvalue weighted by molar-refractivity contribution is -0.121. The summed E-state index contributed by atoms with van der Waals surface area (Å²) < 4.78 is 5.12. The summed E-state index contributed by atoms with van der Waals surface area (Å²) in [5.74, 6) is 1.33. The first-order valence-electron chi connectivity index (χ1n) is 7.41. The summed E-state index contributed by atoms with van der Waals surface area (Å²) in [7, 11) is 0. The third-order valence-electron chi connectivity index (χ3n) is 4.09. The van der Waals surface area contributed by atoms with Crippen LogP contribution in [0.5, 0.6) is 0 Å². The first-order valence-corrected chi connectivity index (χ1v) is 7.41. The van der Waals surface area contributed by atoms with Gasteiger partial charge in [0.05, 0.1) is 18.2 Å². The van der Waals surface area contributed by atoms with Crippen LogP contribution < -0.4 is 5.32 Å². The summed E-state index contributed by atoms with van der Waals surface area (Å²) in [4.78, 5) is 12.4. The van der Waals surface area contributed by atoms with Gasteiger partial charge in [-0.25, -0.2) is 0 Å². The molecule has 4 heteroatoms. The Labute approximate surface area is 124 Å². The van der Waals surface area contributed by atoms with Gasteiger partial charge in [-0.1, -0.05) is 35.5 Å². The first-order chi connectivity index (χ1) is 10.1. The van der Waals surface area contributed by atoms with E-state index in [4.69, 9.17) is 4.52 Å². The van der Waals surface area contributed by atoms with Gasteiger partial charge in [-0.05, 0) is 38.2 Å². The number of aromatic nitrogens is 1. The average Bonchev–Trinajstić information content (AvgIpc) is 3.28. The quantitative estimate of drug-likeness (QED) is 0.918. The summed E-state index contributed by atoms with van der Waals surface area (Å²) in [6, 6.07) is 10.3. The summed E-state index contributed by atoms with van der Waals surface area (Å²) in [6.45, 7) is 3.72. The maximum atomic E-state index is 12.4. The van der Waals surface area contributed by atoms with E-state index >= 15 is 0 Å². The molecule has 1 heterocycles. The fraction of sp³-hybridized carbons (Fsp3) is 0.412. The number of nitrogens with one attached hydrogen (secondary N) is 1. The van der Waals surface area contributed by atoms with Gasteiger partial charge < -0.3 is 9.84 Å². The maximum absolute atomic E-state index is 12.4. The van der Waals surface area contributed by atoms with Gasteiger partial charge in [-0.3, -0.25) is 4.79 Å². The van der Waals surface area contributed by atoms with Crippen LogP contribution in [0.15, 0.2) is 34.9 Å². The fourth-order valence-corrected chi connectivity index (χ4v) is 2.70. The molecule has 3 rings (SSSR count). The molecule has 1 saturated carbocycles. The Morgan fingerprint density at radius 1 is 1.33 bits per heavy atom. The van der Waals surface area contributed by atoms with Gasteiger partial charge in [0.1, 0.15) is 5.76 Å². The lowest BCUT2D eigenvalue weighted by Gasteiger charge is -2.18. The summed E-state index contributed by atoms with van der Waals surface area (Å²) in [5, 5.41) is 7.08. The highest BCUT2D eigenvalue weighted by molar-refractivity contribution is 5.79. The van der Waals surface area contributed by atoms with Crippen LogP contribution in [-0.4, -0.2) is 11.1 Å². The van der Waals surface area contributed by atoms with E-state index in [-0.39, 0.29) is 11.9 Å². The van der Waals surface area contributed by atoms with Crippen LogP contribution in [0.3, 0.4) is 0 Å². The maximum Gasteiger partial charge on any atom is 0.225 e. The van der Waals surface area contributed by atoms with Crippen LogP contribution in [0.25, 0.3) is 0 Å². The zero-order valence-electron chi connectivity index (χ0n) is 12.4. The Morgan fingerprint density at radius 3 is 2.62 bits per heavy atom. The van der Waals surface area contributed by atoms with Crippen molar-refractivity contribution in [3.05, 3.63) is 52.9 Å². The van der Waals surface area contributed by atoms with Crippen LogP contribution in [-0.2, 0) is 11.2 Å². The van der Waals surface area contributed by atoms with E-state index in [9.17, 15) is 4.79 Å². The smallest absolute Gasteiger partial charge is 0.225 e. The van der Waals surface area contributed by atoms with E-state index in [0.29, 0.717) is 12.3 Å². The molecule has 110 valence electrons. The topological polar surface area (TPSA) is 55.1 Å². The molecule has 1 fully saturated rings. The molecule has 21 heavy (non-hydrogen) atoms. The van der Waals surface area contributed by atoms with Crippen molar-refractivity contribution in [2.45, 2.75) is 39.2 Å². The molecular weight excluding hydrogens is 264 g/mol. The van der Waals surface area contributed by atoms with E-state index in [2.05, 4.69) is 22.6 Å². The van der Waals surface area contributed by atoms with Gasteiger partial charge >= 0.3 is 0 Å². The zero-order valence-corrected chi connectivity index (χ0v) is 12.4. The van der Waals surface area contributed by atoms with Crippen LogP contribution in [0.4, 0.5) is 0 Å². The molecule has 0 saturated heterocycles. The van der Waals surface area contributed by atoms with Gasteiger partial charge in [-0.15, -0.1) is 0 Å². The second kappa shape index (κ2) is 5.72. The number of carbonyl (C=O) groups excluding carboxylic acids is 1. The number of nitrogens with zero attached hydrogens (tertiary/aromatic N) is 1. The van der Waals surface area contributed by atoms with Crippen LogP contribution >= 0.6 is 0 Å². The predicted octanol–water partition coefficient (Wildman–Crippen LogP) is 3.10. The minimum absolute atomic E-state index is 0.0325. The fourth-order valence-electron chi connectivity index (χ4n) is 2.70. The predicted molar refractivity (Wildman–Crippen MR) is 79.7 cm³/mol. The molecule has 0 aliphatic heterocycles.